The molecule has 1 unspecified atom stereocenters. The lowest BCUT2D eigenvalue weighted by atomic mass is 9.88. The van der Waals surface area contributed by atoms with E-state index < -0.39 is 0 Å². The molecule has 0 amide bonds. The van der Waals surface area contributed by atoms with Gasteiger partial charge in [-0.3, -0.25) is 0 Å². The van der Waals surface area contributed by atoms with Crippen molar-refractivity contribution < 1.29 is 0 Å². The maximum Gasteiger partial charge on any atom is -0.0150 e. The van der Waals surface area contributed by atoms with Gasteiger partial charge in [0.1, 0.15) is 0 Å². The SMILES string of the molecule is Br.CCCCCCCC(P)(CCCCCC)CCCCCC. The zero-order valence-electron chi connectivity index (χ0n) is 15.8. The molecule has 0 N–H and O–H groups in total. The van der Waals surface area contributed by atoms with Crippen molar-refractivity contribution in [3.63, 3.8) is 0 Å². The monoisotopic (exact) mass is 394 g/mol. The standard InChI is InChI=1S/C20H43P.BrH/c1-4-7-10-13-16-19-20(21,17-14-11-8-5-2)18-15-12-9-6-3;/h4-19,21H2,1-3H3;1H. The Labute approximate surface area is 155 Å². The highest BCUT2D eigenvalue weighted by Gasteiger charge is 2.22. The van der Waals surface area contributed by atoms with Crippen molar-refractivity contribution in [2.75, 3.05) is 0 Å². The summed E-state index contributed by atoms with van der Waals surface area (Å²) in [5, 5.41) is 0.563. The van der Waals surface area contributed by atoms with Crippen LogP contribution in [0.2, 0.25) is 0 Å². The minimum Gasteiger partial charge on any atom is -0.131 e. The Balaban J connectivity index is 0. The van der Waals surface area contributed by atoms with Crippen molar-refractivity contribution in [3.05, 3.63) is 0 Å². The fourth-order valence-electron chi connectivity index (χ4n) is 3.26. The first kappa shape index (κ1) is 25.2. The zero-order chi connectivity index (χ0) is 15.8. The molecule has 0 saturated carbocycles. The molecular formula is C20H44BrP. The van der Waals surface area contributed by atoms with E-state index in [-0.39, 0.29) is 17.0 Å². The lowest BCUT2D eigenvalue weighted by Crippen LogP contribution is -2.20. The summed E-state index contributed by atoms with van der Waals surface area (Å²) in [7, 11) is 3.29. The first-order chi connectivity index (χ1) is 10.2. The molecule has 1 atom stereocenters. The predicted molar refractivity (Wildman–Crippen MR) is 114 cm³/mol. The topological polar surface area (TPSA) is 0 Å². The van der Waals surface area contributed by atoms with E-state index in [1.807, 2.05) is 0 Å². The van der Waals surface area contributed by atoms with Gasteiger partial charge in [0.05, 0.1) is 0 Å². The molecule has 0 bridgehead atoms. The van der Waals surface area contributed by atoms with Gasteiger partial charge in [-0.25, -0.2) is 0 Å². The number of unbranched alkanes of at least 4 members (excludes halogenated alkanes) is 10. The summed E-state index contributed by atoms with van der Waals surface area (Å²) in [6.45, 7) is 6.93. The van der Waals surface area contributed by atoms with Crippen LogP contribution in [0, 0.1) is 0 Å². The Kier molecular flexibility index (Phi) is 20.9. The third-order valence-electron chi connectivity index (χ3n) is 4.83. The van der Waals surface area contributed by atoms with Crippen molar-refractivity contribution in [2.45, 2.75) is 129 Å². The first-order valence-electron chi connectivity index (χ1n) is 9.97. The number of halogens is 1. The van der Waals surface area contributed by atoms with Gasteiger partial charge in [-0.1, -0.05) is 104 Å². The van der Waals surface area contributed by atoms with Crippen LogP contribution in [0.4, 0.5) is 0 Å². The van der Waals surface area contributed by atoms with E-state index >= 15 is 0 Å². The molecule has 0 aliphatic carbocycles. The van der Waals surface area contributed by atoms with Crippen LogP contribution >= 0.6 is 26.2 Å². The quantitative estimate of drug-likeness (QED) is 0.182. The molecular weight excluding hydrogens is 351 g/mol. The van der Waals surface area contributed by atoms with Crippen LogP contribution in [0.5, 0.6) is 0 Å². The highest BCUT2D eigenvalue weighted by atomic mass is 79.9. The second-order valence-corrected chi connectivity index (χ2v) is 8.37. The highest BCUT2D eigenvalue weighted by molar-refractivity contribution is 8.93. The van der Waals surface area contributed by atoms with Gasteiger partial charge in [-0.2, -0.15) is 0 Å². The van der Waals surface area contributed by atoms with E-state index in [4.69, 9.17) is 0 Å². The van der Waals surface area contributed by atoms with Gasteiger partial charge in [0.2, 0.25) is 0 Å². The molecule has 0 aromatic heterocycles. The lowest BCUT2D eigenvalue weighted by molar-refractivity contribution is 0.405. The molecule has 0 aromatic rings. The Morgan fingerprint density at radius 2 is 0.773 bits per heavy atom. The smallest absolute Gasteiger partial charge is 0.0150 e. The second-order valence-electron chi connectivity index (χ2n) is 7.15. The fourth-order valence-corrected chi connectivity index (χ4v) is 3.88. The van der Waals surface area contributed by atoms with Crippen LogP contribution in [0.1, 0.15) is 124 Å². The van der Waals surface area contributed by atoms with E-state index in [9.17, 15) is 0 Å². The lowest BCUT2D eigenvalue weighted by Gasteiger charge is -2.30. The molecule has 136 valence electrons. The van der Waals surface area contributed by atoms with Gasteiger partial charge < -0.3 is 0 Å². The summed E-state index contributed by atoms with van der Waals surface area (Å²) in [4.78, 5) is 0. The average molecular weight is 395 g/mol. The summed E-state index contributed by atoms with van der Waals surface area (Å²) >= 11 is 0. The van der Waals surface area contributed by atoms with Crippen molar-refractivity contribution in [1.82, 2.24) is 0 Å². The van der Waals surface area contributed by atoms with Crippen LogP contribution in [-0.2, 0) is 0 Å². The van der Waals surface area contributed by atoms with E-state index in [0.717, 1.165) is 0 Å². The van der Waals surface area contributed by atoms with Crippen LogP contribution < -0.4 is 0 Å². The molecule has 0 aliphatic rings. The number of rotatable bonds is 16. The summed E-state index contributed by atoms with van der Waals surface area (Å²) in [5.41, 5.74) is 0. The Hall–Kier alpha value is 0.910. The van der Waals surface area contributed by atoms with E-state index in [1.165, 1.54) is 103 Å². The molecule has 0 aliphatic heterocycles. The van der Waals surface area contributed by atoms with Crippen LogP contribution in [0.25, 0.3) is 0 Å². The second kappa shape index (κ2) is 18.3. The molecule has 0 aromatic carbocycles. The molecule has 0 heterocycles. The van der Waals surface area contributed by atoms with E-state index in [2.05, 4.69) is 30.0 Å². The van der Waals surface area contributed by atoms with E-state index in [1.54, 1.807) is 0 Å². The van der Waals surface area contributed by atoms with Gasteiger partial charge in [0.15, 0.2) is 0 Å². The predicted octanol–water partition coefficient (Wildman–Crippen LogP) is 8.48. The van der Waals surface area contributed by atoms with Gasteiger partial charge in [-0.05, 0) is 24.4 Å². The van der Waals surface area contributed by atoms with Crippen molar-refractivity contribution in [2.24, 2.45) is 0 Å². The highest BCUT2D eigenvalue weighted by Crippen LogP contribution is 2.37. The van der Waals surface area contributed by atoms with Crippen molar-refractivity contribution >= 4 is 26.2 Å². The van der Waals surface area contributed by atoms with Gasteiger partial charge in [0.25, 0.3) is 0 Å². The van der Waals surface area contributed by atoms with Crippen molar-refractivity contribution in [1.29, 1.82) is 0 Å². The number of hydrogen-bond donors (Lipinski definition) is 0. The molecule has 0 rings (SSSR count). The fraction of sp³-hybridized carbons (Fsp3) is 1.00. The molecule has 2 heteroatoms. The maximum atomic E-state index is 3.29. The Bertz CT molecular complexity index is 194. The minimum absolute atomic E-state index is 0. The molecule has 0 fully saturated rings. The maximum absolute atomic E-state index is 3.29. The van der Waals surface area contributed by atoms with E-state index in [0.29, 0.717) is 5.16 Å². The summed E-state index contributed by atoms with van der Waals surface area (Å²) in [6.07, 6.45) is 22.8. The molecule has 0 saturated heterocycles. The minimum atomic E-state index is 0. The summed E-state index contributed by atoms with van der Waals surface area (Å²) in [6, 6.07) is 0. The van der Waals surface area contributed by atoms with Crippen LogP contribution in [-0.4, -0.2) is 5.16 Å². The van der Waals surface area contributed by atoms with Crippen LogP contribution in [0.3, 0.4) is 0 Å². The molecule has 22 heavy (non-hydrogen) atoms. The zero-order valence-corrected chi connectivity index (χ0v) is 18.7. The Morgan fingerprint density at radius 3 is 1.09 bits per heavy atom. The van der Waals surface area contributed by atoms with Crippen molar-refractivity contribution in [3.8, 4) is 0 Å². The van der Waals surface area contributed by atoms with Gasteiger partial charge >= 0.3 is 0 Å². The molecule has 0 spiro atoms. The molecule has 0 nitrogen and oxygen atoms in total. The Morgan fingerprint density at radius 1 is 0.500 bits per heavy atom. The average Bonchev–Trinajstić information content (AvgIpc) is 2.48. The van der Waals surface area contributed by atoms with Gasteiger partial charge in [-0.15, -0.1) is 26.2 Å². The summed E-state index contributed by atoms with van der Waals surface area (Å²) < 4.78 is 0. The number of hydrogen-bond acceptors (Lipinski definition) is 0. The molecule has 0 radical (unpaired) electrons. The first-order valence-corrected chi connectivity index (χ1v) is 10.5. The largest absolute Gasteiger partial charge is 0.131 e. The summed E-state index contributed by atoms with van der Waals surface area (Å²) in [5.74, 6) is 0. The van der Waals surface area contributed by atoms with Gasteiger partial charge in [0, 0.05) is 0 Å². The van der Waals surface area contributed by atoms with Crippen LogP contribution in [0.15, 0.2) is 0 Å². The third-order valence-corrected chi connectivity index (χ3v) is 5.70. The normalized spacial score (nSPS) is 11.5. The third kappa shape index (κ3) is 15.8.